The van der Waals surface area contributed by atoms with Crippen molar-refractivity contribution in [1.29, 1.82) is 0 Å². The summed E-state index contributed by atoms with van der Waals surface area (Å²) in [5.74, 6) is -0.890. The van der Waals surface area contributed by atoms with Gasteiger partial charge >= 0.3 is 0 Å². The summed E-state index contributed by atoms with van der Waals surface area (Å²) in [6, 6.07) is 9.65. The molecule has 0 aromatic heterocycles. The number of hydrogen-bond donors (Lipinski definition) is 1. The standard InChI is InChI=1S/C23H28Cl3N3O4S/c1-4-5-12-27-23(31)16(2)29(14-17-6-7-19(25)13-21(17)26)22(30)15-28(3)34(32,33)20-10-8-18(24)9-11-20/h6-11,13,16H,4-5,12,14-15H2,1-3H3,(H,27,31). The van der Waals surface area contributed by atoms with Crippen molar-refractivity contribution in [2.75, 3.05) is 20.1 Å². The lowest BCUT2D eigenvalue weighted by Crippen LogP contribution is -2.50. The molecule has 1 atom stereocenters. The third-order valence-corrected chi connectivity index (χ3v) is 7.89. The monoisotopic (exact) mass is 547 g/mol. The van der Waals surface area contributed by atoms with E-state index >= 15 is 0 Å². The molecule has 0 aliphatic rings. The van der Waals surface area contributed by atoms with Gasteiger partial charge < -0.3 is 10.2 Å². The van der Waals surface area contributed by atoms with E-state index in [4.69, 9.17) is 34.8 Å². The van der Waals surface area contributed by atoms with Gasteiger partial charge in [-0.15, -0.1) is 0 Å². The predicted molar refractivity (Wildman–Crippen MR) is 136 cm³/mol. The van der Waals surface area contributed by atoms with Crippen LogP contribution in [0, 0.1) is 0 Å². The van der Waals surface area contributed by atoms with Crippen molar-refractivity contribution in [3.8, 4) is 0 Å². The number of unbranched alkanes of at least 4 members (excludes halogenated alkanes) is 1. The van der Waals surface area contributed by atoms with E-state index in [0.717, 1.165) is 17.1 Å². The van der Waals surface area contributed by atoms with Crippen molar-refractivity contribution in [3.05, 3.63) is 63.1 Å². The molecule has 7 nitrogen and oxygen atoms in total. The molecule has 1 N–H and O–H groups in total. The first kappa shape index (κ1) is 28.4. The van der Waals surface area contributed by atoms with E-state index in [2.05, 4.69) is 5.32 Å². The molecule has 11 heteroatoms. The topological polar surface area (TPSA) is 86.8 Å². The molecule has 2 aromatic carbocycles. The maximum atomic E-state index is 13.3. The van der Waals surface area contributed by atoms with Crippen molar-refractivity contribution in [2.24, 2.45) is 0 Å². The van der Waals surface area contributed by atoms with Gasteiger partial charge in [-0.25, -0.2) is 8.42 Å². The number of carbonyl (C=O) groups excluding carboxylic acids is 2. The second kappa shape index (κ2) is 12.7. The van der Waals surface area contributed by atoms with Crippen LogP contribution in [0.25, 0.3) is 0 Å². The molecular formula is C23H28Cl3N3O4S. The zero-order valence-corrected chi connectivity index (χ0v) is 22.3. The van der Waals surface area contributed by atoms with Gasteiger partial charge in [-0.2, -0.15) is 4.31 Å². The fourth-order valence-electron chi connectivity index (χ4n) is 3.10. The van der Waals surface area contributed by atoms with Crippen LogP contribution in [-0.2, 0) is 26.2 Å². The van der Waals surface area contributed by atoms with Gasteiger partial charge in [0.1, 0.15) is 6.04 Å². The molecule has 0 saturated carbocycles. The van der Waals surface area contributed by atoms with Gasteiger partial charge in [-0.1, -0.05) is 54.2 Å². The number of sulfonamides is 1. The summed E-state index contributed by atoms with van der Waals surface area (Å²) in [6.07, 6.45) is 1.71. The highest BCUT2D eigenvalue weighted by molar-refractivity contribution is 7.89. The number of carbonyl (C=O) groups is 2. The fourth-order valence-corrected chi connectivity index (χ4v) is 4.82. The first-order chi connectivity index (χ1) is 16.0. The van der Waals surface area contributed by atoms with Crippen molar-refractivity contribution in [1.82, 2.24) is 14.5 Å². The summed E-state index contributed by atoms with van der Waals surface area (Å²) in [5, 5.41) is 3.98. The highest BCUT2D eigenvalue weighted by atomic mass is 35.5. The minimum absolute atomic E-state index is 0.00449. The van der Waals surface area contributed by atoms with Crippen molar-refractivity contribution >= 4 is 56.6 Å². The summed E-state index contributed by atoms with van der Waals surface area (Å²) < 4.78 is 26.8. The summed E-state index contributed by atoms with van der Waals surface area (Å²) in [4.78, 5) is 27.3. The first-order valence-electron chi connectivity index (χ1n) is 10.7. The minimum Gasteiger partial charge on any atom is -0.354 e. The molecule has 0 radical (unpaired) electrons. The van der Waals surface area contributed by atoms with E-state index in [9.17, 15) is 18.0 Å². The van der Waals surface area contributed by atoms with Gasteiger partial charge in [-0.05, 0) is 55.3 Å². The lowest BCUT2D eigenvalue weighted by atomic mass is 10.1. The Morgan fingerprint density at radius 3 is 2.24 bits per heavy atom. The normalized spacial score (nSPS) is 12.4. The van der Waals surface area contributed by atoms with Crippen molar-refractivity contribution < 1.29 is 18.0 Å². The average molecular weight is 549 g/mol. The van der Waals surface area contributed by atoms with Crippen LogP contribution in [0.5, 0.6) is 0 Å². The van der Waals surface area contributed by atoms with Crippen LogP contribution in [0.4, 0.5) is 0 Å². The predicted octanol–water partition coefficient (Wildman–Crippen LogP) is 4.60. The molecule has 0 heterocycles. The van der Waals surface area contributed by atoms with E-state index < -0.39 is 28.5 Å². The summed E-state index contributed by atoms with van der Waals surface area (Å²) >= 11 is 18.1. The molecule has 0 saturated heterocycles. The molecule has 0 spiro atoms. The van der Waals surface area contributed by atoms with Crippen molar-refractivity contribution in [2.45, 2.75) is 44.2 Å². The molecule has 1 unspecified atom stereocenters. The van der Waals surface area contributed by atoms with Gasteiger partial charge in [-0.3, -0.25) is 9.59 Å². The number of rotatable bonds is 11. The highest BCUT2D eigenvalue weighted by Crippen LogP contribution is 2.24. The van der Waals surface area contributed by atoms with Gasteiger partial charge in [0, 0.05) is 35.2 Å². The van der Waals surface area contributed by atoms with Gasteiger partial charge in [0.15, 0.2) is 0 Å². The molecular weight excluding hydrogens is 521 g/mol. The molecule has 2 rings (SSSR count). The third kappa shape index (κ3) is 7.58. The van der Waals surface area contributed by atoms with Crippen LogP contribution >= 0.6 is 34.8 Å². The van der Waals surface area contributed by atoms with Crippen molar-refractivity contribution in [3.63, 3.8) is 0 Å². The Kier molecular flexibility index (Phi) is 10.6. The quantitative estimate of drug-likeness (QED) is 0.416. The fraction of sp³-hybridized carbons (Fsp3) is 0.391. The minimum atomic E-state index is -3.95. The Morgan fingerprint density at radius 2 is 1.65 bits per heavy atom. The number of nitrogens with one attached hydrogen (secondary N) is 1. The number of halogens is 3. The third-order valence-electron chi connectivity index (χ3n) is 5.23. The summed E-state index contributed by atoms with van der Waals surface area (Å²) in [5.41, 5.74) is 0.579. The second-order valence-electron chi connectivity index (χ2n) is 7.79. The van der Waals surface area contributed by atoms with E-state index in [0.29, 0.717) is 27.2 Å². The molecule has 0 fully saturated rings. The lowest BCUT2D eigenvalue weighted by Gasteiger charge is -2.30. The lowest BCUT2D eigenvalue weighted by molar-refractivity contribution is -0.140. The van der Waals surface area contributed by atoms with Crippen LogP contribution in [0.1, 0.15) is 32.3 Å². The second-order valence-corrected chi connectivity index (χ2v) is 11.1. The number of hydrogen-bond acceptors (Lipinski definition) is 4. The number of benzene rings is 2. The Bertz CT molecular complexity index is 1110. The number of likely N-dealkylation sites (N-methyl/N-ethyl adjacent to an activating group) is 1. The molecule has 0 aliphatic heterocycles. The van der Waals surface area contributed by atoms with E-state index in [-0.39, 0.29) is 17.3 Å². The smallest absolute Gasteiger partial charge is 0.243 e. The van der Waals surface area contributed by atoms with E-state index in [1.165, 1.54) is 36.2 Å². The van der Waals surface area contributed by atoms with Crippen LogP contribution in [0.2, 0.25) is 15.1 Å². The first-order valence-corrected chi connectivity index (χ1v) is 13.3. The Labute approximate surface area is 216 Å². The highest BCUT2D eigenvalue weighted by Gasteiger charge is 2.30. The molecule has 2 amide bonds. The summed E-state index contributed by atoms with van der Waals surface area (Å²) in [6.45, 7) is 3.62. The number of nitrogens with zero attached hydrogens (tertiary/aromatic N) is 2. The van der Waals surface area contributed by atoms with Crippen LogP contribution < -0.4 is 5.32 Å². The molecule has 2 aromatic rings. The Morgan fingerprint density at radius 1 is 1.03 bits per heavy atom. The largest absolute Gasteiger partial charge is 0.354 e. The van der Waals surface area contributed by atoms with Crippen LogP contribution in [-0.4, -0.2) is 55.6 Å². The molecule has 34 heavy (non-hydrogen) atoms. The Hall–Kier alpha value is -1.84. The SMILES string of the molecule is CCCCNC(=O)C(C)N(Cc1ccc(Cl)cc1Cl)C(=O)CN(C)S(=O)(=O)c1ccc(Cl)cc1. The zero-order valence-electron chi connectivity index (χ0n) is 19.2. The molecule has 0 aliphatic carbocycles. The Balaban J connectivity index is 2.28. The maximum absolute atomic E-state index is 13.3. The number of amides is 2. The summed E-state index contributed by atoms with van der Waals surface area (Å²) in [7, 11) is -2.64. The van der Waals surface area contributed by atoms with Gasteiger partial charge in [0.25, 0.3) is 0 Å². The van der Waals surface area contributed by atoms with Gasteiger partial charge in [0.2, 0.25) is 21.8 Å². The van der Waals surface area contributed by atoms with Crippen LogP contribution in [0.15, 0.2) is 47.4 Å². The maximum Gasteiger partial charge on any atom is 0.243 e. The average Bonchev–Trinajstić information content (AvgIpc) is 2.78. The molecule has 0 bridgehead atoms. The molecule has 186 valence electrons. The van der Waals surface area contributed by atoms with E-state index in [1.807, 2.05) is 6.92 Å². The van der Waals surface area contributed by atoms with Gasteiger partial charge in [0.05, 0.1) is 11.4 Å². The van der Waals surface area contributed by atoms with Crippen LogP contribution in [0.3, 0.4) is 0 Å². The van der Waals surface area contributed by atoms with E-state index in [1.54, 1.807) is 25.1 Å². The zero-order chi connectivity index (χ0) is 25.5.